The lowest BCUT2D eigenvalue weighted by atomic mass is 9.97. The van der Waals surface area contributed by atoms with Crippen LogP contribution in [-0.4, -0.2) is 48.9 Å². The van der Waals surface area contributed by atoms with Crippen LogP contribution in [0.15, 0.2) is 65.6 Å². The number of amides is 1. The molecule has 0 aliphatic heterocycles. The fourth-order valence-corrected chi connectivity index (χ4v) is 4.00. The summed E-state index contributed by atoms with van der Waals surface area (Å²) in [4.78, 5) is 33.7. The molecule has 0 saturated heterocycles. The Labute approximate surface area is 217 Å². The summed E-state index contributed by atoms with van der Waals surface area (Å²) in [6, 6.07) is 13.9. The first-order valence-corrected chi connectivity index (χ1v) is 11.9. The zero-order valence-corrected chi connectivity index (χ0v) is 21.3. The number of hydrogen-bond acceptors (Lipinski definition) is 7. The first-order chi connectivity index (χ1) is 18.1. The largest absolute Gasteiger partial charge is 0.338 e. The Hall–Kier alpha value is -4.73. The molecule has 1 amide bonds. The van der Waals surface area contributed by atoms with Crippen LogP contribution in [0.2, 0.25) is 0 Å². The van der Waals surface area contributed by atoms with Gasteiger partial charge in [-0.25, -0.2) is 13.9 Å². The van der Waals surface area contributed by atoms with E-state index < -0.39 is 11.7 Å². The van der Waals surface area contributed by atoms with E-state index in [1.807, 2.05) is 45.2 Å². The predicted octanol–water partition coefficient (Wildman–Crippen LogP) is 4.97. The van der Waals surface area contributed by atoms with Gasteiger partial charge >= 0.3 is 0 Å². The third-order valence-corrected chi connectivity index (χ3v) is 6.13. The summed E-state index contributed by atoms with van der Waals surface area (Å²) in [7, 11) is 1.56. The smallest absolute Gasteiger partial charge is 0.295 e. The van der Waals surface area contributed by atoms with Crippen molar-refractivity contribution in [2.45, 2.75) is 32.7 Å². The number of aldehydes is 1. The Balaban J connectivity index is 1.39. The van der Waals surface area contributed by atoms with E-state index in [9.17, 15) is 9.59 Å². The second-order valence-electron chi connectivity index (χ2n) is 10.0. The maximum Gasteiger partial charge on any atom is 0.295 e. The first-order valence-electron chi connectivity index (χ1n) is 11.9. The molecule has 0 N–H and O–H groups in total. The Morgan fingerprint density at radius 2 is 1.82 bits per heavy atom. The average molecular weight is 513 g/mol. The number of rotatable bonds is 6. The maximum atomic E-state index is 15.2. The van der Waals surface area contributed by atoms with Gasteiger partial charge in [0.1, 0.15) is 18.4 Å². The lowest BCUT2D eigenvalue weighted by molar-refractivity contribution is 0.0768. The fourth-order valence-electron chi connectivity index (χ4n) is 4.00. The van der Waals surface area contributed by atoms with Gasteiger partial charge in [0.25, 0.3) is 11.7 Å². The molecule has 0 spiro atoms. The number of fused-ring (bicyclic) bond motifs is 1. The number of halogens is 1. The number of nitrogens with zero attached hydrogens (tertiary/aromatic N) is 6. The van der Waals surface area contributed by atoms with Crippen molar-refractivity contribution in [3.8, 4) is 22.4 Å². The molecule has 2 aromatic carbocycles. The van der Waals surface area contributed by atoms with Gasteiger partial charge in [-0.15, -0.1) is 0 Å². The van der Waals surface area contributed by atoms with Gasteiger partial charge in [0.05, 0.1) is 11.2 Å². The van der Waals surface area contributed by atoms with E-state index in [1.54, 1.807) is 35.8 Å². The number of aromatic nitrogens is 5. The van der Waals surface area contributed by atoms with Crippen LogP contribution in [-0.2, 0) is 12.0 Å². The third kappa shape index (κ3) is 4.80. The summed E-state index contributed by atoms with van der Waals surface area (Å²) in [5.74, 6) is -0.652. The Morgan fingerprint density at radius 3 is 2.47 bits per heavy atom. The van der Waals surface area contributed by atoms with Crippen molar-refractivity contribution in [2.24, 2.45) is 0 Å². The molecule has 0 bridgehead atoms. The highest BCUT2D eigenvalue weighted by Crippen LogP contribution is 2.29. The van der Waals surface area contributed by atoms with Crippen LogP contribution in [0, 0.1) is 5.82 Å². The van der Waals surface area contributed by atoms with Crippen LogP contribution in [0.1, 0.15) is 53.2 Å². The second-order valence-corrected chi connectivity index (χ2v) is 10.0. The first kappa shape index (κ1) is 24.9. The second kappa shape index (κ2) is 9.62. The van der Waals surface area contributed by atoms with Gasteiger partial charge in [0.2, 0.25) is 5.89 Å². The van der Waals surface area contributed by atoms with E-state index in [2.05, 4.69) is 20.2 Å². The zero-order chi connectivity index (χ0) is 27.0. The fraction of sp³-hybridized carbons (Fsp3) is 0.214. The molecular weight excluding hydrogens is 487 g/mol. The highest BCUT2D eigenvalue weighted by atomic mass is 19.1. The van der Waals surface area contributed by atoms with E-state index in [0.717, 1.165) is 17.4 Å². The summed E-state index contributed by atoms with van der Waals surface area (Å²) in [5, 5.41) is 8.06. The summed E-state index contributed by atoms with van der Waals surface area (Å²) in [6.45, 7) is 5.74. The maximum absolute atomic E-state index is 15.2. The van der Waals surface area contributed by atoms with Crippen LogP contribution >= 0.6 is 0 Å². The van der Waals surface area contributed by atoms with Crippen LogP contribution in [0.5, 0.6) is 0 Å². The molecule has 0 saturated carbocycles. The molecule has 38 heavy (non-hydrogen) atoms. The summed E-state index contributed by atoms with van der Waals surface area (Å²) >= 11 is 0. The third-order valence-electron chi connectivity index (χ3n) is 6.13. The number of carbonyl (C=O) groups excluding carboxylic acids is 2. The van der Waals surface area contributed by atoms with Crippen LogP contribution < -0.4 is 0 Å². The highest BCUT2D eigenvalue weighted by molar-refractivity contribution is 5.90. The molecule has 5 rings (SSSR count). The molecule has 0 radical (unpaired) electrons. The van der Waals surface area contributed by atoms with Crippen LogP contribution in [0.4, 0.5) is 4.39 Å². The van der Waals surface area contributed by atoms with Gasteiger partial charge < -0.3 is 9.42 Å². The highest BCUT2D eigenvalue weighted by Gasteiger charge is 2.26. The van der Waals surface area contributed by atoms with Gasteiger partial charge in [-0.2, -0.15) is 10.1 Å². The molecule has 0 aliphatic rings. The molecule has 3 aromatic heterocycles. The van der Waals surface area contributed by atoms with E-state index in [4.69, 9.17) is 4.52 Å². The van der Waals surface area contributed by atoms with Crippen molar-refractivity contribution < 1.29 is 18.5 Å². The molecule has 0 aliphatic carbocycles. The Kier molecular flexibility index (Phi) is 6.31. The van der Waals surface area contributed by atoms with Gasteiger partial charge in [-0.1, -0.05) is 62.3 Å². The van der Waals surface area contributed by atoms with Gasteiger partial charge in [0, 0.05) is 47.5 Å². The number of hydrogen-bond donors (Lipinski definition) is 0. The minimum atomic E-state index is -0.473. The summed E-state index contributed by atoms with van der Waals surface area (Å²) in [6.07, 6.45) is 4.06. The average Bonchev–Trinajstić information content (AvgIpc) is 3.57. The molecule has 5 aromatic rings. The quantitative estimate of drug-likeness (QED) is 0.296. The van der Waals surface area contributed by atoms with Gasteiger partial charge in [-0.3, -0.25) is 9.59 Å². The lowest BCUT2D eigenvalue weighted by Gasteiger charge is -2.16. The molecule has 3 heterocycles. The van der Waals surface area contributed by atoms with E-state index in [1.165, 1.54) is 17.3 Å². The topological polar surface area (TPSA) is 106 Å². The molecule has 0 atom stereocenters. The van der Waals surface area contributed by atoms with Crippen molar-refractivity contribution in [1.82, 2.24) is 29.6 Å². The molecular formula is C28H25FN6O3. The summed E-state index contributed by atoms with van der Waals surface area (Å²) in [5.41, 5.74) is 4.17. The zero-order valence-electron chi connectivity index (χ0n) is 21.3. The van der Waals surface area contributed by atoms with E-state index >= 15 is 4.39 Å². The van der Waals surface area contributed by atoms with Crippen molar-refractivity contribution in [3.05, 3.63) is 89.7 Å². The molecule has 9 nitrogen and oxygen atoms in total. The minimum Gasteiger partial charge on any atom is -0.338 e. The lowest BCUT2D eigenvalue weighted by Crippen LogP contribution is -2.27. The SMILES string of the molecule is CN(Cc1ccc(-c2ncnn3cc(-c4ccc(C=O)cc4)cc23)cc1F)C(=O)c1noc(C(C)(C)C)n1. The van der Waals surface area contributed by atoms with Gasteiger partial charge in [-0.05, 0) is 17.7 Å². The number of carbonyl (C=O) groups is 2. The summed E-state index contributed by atoms with van der Waals surface area (Å²) < 4.78 is 22.1. The predicted molar refractivity (Wildman–Crippen MR) is 138 cm³/mol. The molecule has 10 heteroatoms. The van der Waals surface area contributed by atoms with E-state index in [0.29, 0.717) is 33.8 Å². The van der Waals surface area contributed by atoms with E-state index in [-0.39, 0.29) is 17.8 Å². The molecule has 0 fully saturated rings. The van der Waals surface area contributed by atoms with Crippen LogP contribution in [0.3, 0.4) is 0 Å². The van der Waals surface area contributed by atoms with Crippen molar-refractivity contribution in [1.29, 1.82) is 0 Å². The van der Waals surface area contributed by atoms with Gasteiger partial charge in [0.15, 0.2) is 0 Å². The molecule has 192 valence electrons. The molecule has 0 unspecified atom stereocenters. The standard InChI is InChI=1S/C28H25FN6O3/c1-28(2,3)27-32-25(33-38-27)26(37)34(4)13-20-10-9-19(11-22(20)29)24-23-12-21(14-35(23)31-16-30-24)18-7-5-17(15-36)6-8-18/h5-12,14-16H,13H2,1-4H3. The Bertz CT molecular complexity index is 1650. The van der Waals surface area contributed by atoms with Crippen LogP contribution in [0.25, 0.3) is 27.9 Å². The van der Waals surface area contributed by atoms with Crippen molar-refractivity contribution in [2.75, 3.05) is 7.05 Å². The monoisotopic (exact) mass is 512 g/mol. The number of benzene rings is 2. The van der Waals surface area contributed by atoms with Crippen molar-refractivity contribution >= 4 is 17.7 Å². The normalized spacial score (nSPS) is 11.6. The minimum absolute atomic E-state index is 0.0234. The Morgan fingerprint density at radius 1 is 1.08 bits per heavy atom. The van der Waals surface area contributed by atoms with Crippen molar-refractivity contribution in [3.63, 3.8) is 0 Å².